The third-order valence-electron chi connectivity index (χ3n) is 3.22. The summed E-state index contributed by atoms with van der Waals surface area (Å²) in [6.45, 7) is 1.10. The number of fused-ring (bicyclic) bond motifs is 2. The van der Waals surface area contributed by atoms with Gasteiger partial charge in [0.05, 0.1) is 4.21 Å². The van der Waals surface area contributed by atoms with Crippen molar-refractivity contribution in [1.82, 2.24) is 4.90 Å². The Labute approximate surface area is 123 Å². The highest BCUT2D eigenvalue weighted by molar-refractivity contribution is 8.01. The van der Waals surface area contributed by atoms with Gasteiger partial charge in [0, 0.05) is 17.0 Å². The molecule has 1 aromatic heterocycles. The zero-order valence-corrected chi connectivity index (χ0v) is 12.9. The first-order chi connectivity index (χ1) is 9.25. The van der Waals surface area contributed by atoms with Gasteiger partial charge < -0.3 is 4.90 Å². The number of thiophene rings is 1. The molecule has 3 heteroatoms. The minimum absolute atomic E-state index is 1.09. The van der Waals surface area contributed by atoms with Crippen molar-refractivity contribution in [3.05, 3.63) is 52.9 Å². The Kier molecular flexibility index (Phi) is 3.78. The molecule has 0 unspecified atom stereocenters. The number of hydrogen-bond donors (Lipinski definition) is 0. The van der Waals surface area contributed by atoms with Crippen molar-refractivity contribution in [2.45, 2.75) is 15.5 Å². The van der Waals surface area contributed by atoms with Crippen LogP contribution in [0.3, 0.4) is 0 Å². The van der Waals surface area contributed by atoms with Crippen molar-refractivity contribution in [1.29, 1.82) is 0 Å². The first-order valence-corrected chi connectivity index (χ1v) is 8.15. The molecule has 0 atom stereocenters. The smallest absolute Gasteiger partial charge is 0.0725 e. The topological polar surface area (TPSA) is 3.24 Å². The summed E-state index contributed by atoms with van der Waals surface area (Å²) in [5, 5.41) is 2.20. The van der Waals surface area contributed by atoms with Gasteiger partial charge in [0.2, 0.25) is 0 Å². The molecule has 2 heterocycles. The maximum absolute atomic E-state index is 2.39. The molecule has 3 rings (SSSR count). The van der Waals surface area contributed by atoms with E-state index in [0.717, 1.165) is 13.0 Å². The van der Waals surface area contributed by atoms with Crippen molar-refractivity contribution in [3.8, 4) is 0 Å². The third kappa shape index (κ3) is 2.64. The van der Waals surface area contributed by atoms with Gasteiger partial charge in [-0.25, -0.2) is 0 Å². The van der Waals surface area contributed by atoms with Crippen molar-refractivity contribution in [2.75, 3.05) is 20.6 Å². The Morgan fingerprint density at radius 3 is 2.79 bits per heavy atom. The summed E-state index contributed by atoms with van der Waals surface area (Å²) in [5.41, 5.74) is 4.21. The highest BCUT2D eigenvalue weighted by Crippen LogP contribution is 2.47. The van der Waals surface area contributed by atoms with E-state index in [1.807, 2.05) is 23.1 Å². The van der Waals surface area contributed by atoms with E-state index in [4.69, 9.17) is 0 Å². The fourth-order valence-electron chi connectivity index (χ4n) is 2.28. The van der Waals surface area contributed by atoms with Crippen LogP contribution < -0.4 is 0 Å². The first kappa shape index (κ1) is 13.0. The molecule has 1 aromatic carbocycles. The van der Waals surface area contributed by atoms with E-state index >= 15 is 0 Å². The molecule has 0 spiro atoms. The summed E-state index contributed by atoms with van der Waals surface area (Å²) in [6, 6.07) is 11.0. The van der Waals surface area contributed by atoms with Gasteiger partial charge in [0.1, 0.15) is 0 Å². The van der Waals surface area contributed by atoms with Crippen LogP contribution in [0.15, 0.2) is 50.9 Å². The normalized spacial score (nSPS) is 15.6. The quantitative estimate of drug-likeness (QED) is 0.693. The Morgan fingerprint density at radius 2 is 1.95 bits per heavy atom. The van der Waals surface area contributed by atoms with E-state index in [-0.39, 0.29) is 0 Å². The minimum Gasteiger partial charge on any atom is -0.309 e. The highest BCUT2D eigenvalue weighted by atomic mass is 32.2. The predicted molar refractivity (Wildman–Crippen MR) is 85.1 cm³/mol. The van der Waals surface area contributed by atoms with Crippen LogP contribution in [0.25, 0.3) is 5.57 Å². The molecule has 0 saturated carbocycles. The van der Waals surface area contributed by atoms with Crippen molar-refractivity contribution < 1.29 is 0 Å². The molecule has 0 fully saturated rings. The summed E-state index contributed by atoms with van der Waals surface area (Å²) in [7, 11) is 4.25. The van der Waals surface area contributed by atoms with Gasteiger partial charge in [-0.15, -0.1) is 11.3 Å². The molecule has 0 bridgehead atoms. The van der Waals surface area contributed by atoms with Crippen molar-refractivity contribution in [3.63, 3.8) is 0 Å². The fraction of sp³-hybridized carbons (Fsp3) is 0.250. The number of nitrogens with zero attached hydrogens (tertiary/aromatic N) is 1. The first-order valence-electron chi connectivity index (χ1n) is 6.46. The Hall–Kier alpha value is -1.03. The van der Waals surface area contributed by atoms with Crippen molar-refractivity contribution in [2.24, 2.45) is 0 Å². The van der Waals surface area contributed by atoms with Gasteiger partial charge in [-0.3, -0.25) is 0 Å². The predicted octanol–water partition coefficient (Wildman–Crippen LogP) is 4.60. The molecule has 0 amide bonds. The van der Waals surface area contributed by atoms with Gasteiger partial charge in [0.25, 0.3) is 0 Å². The lowest BCUT2D eigenvalue weighted by Gasteiger charge is -2.19. The third-order valence-corrected chi connectivity index (χ3v) is 5.45. The molecule has 2 aromatic rings. The van der Waals surface area contributed by atoms with Crippen LogP contribution >= 0.6 is 23.1 Å². The van der Waals surface area contributed by atoms with Crippen LogP contribution in [-0.2, 0) is 0 Å². The maximum atomic E-state index is 2.39. The van der Waals surface area contributed by atoms with Crippen molar-refractivity contribution >= 4 is 28.7 Å². The van der Waals surface area contributed by atoms with Gasteiger partial charge in [0.15, 0.2) is 0 Å². The van der Waals surface area contributed by atoms with E-state index in [1.54, 1.807) is 0 Å². The monoisotopic (exact) mass is 287 g/mol. The van der Waals surface area contributed by atoms with Gasteiger partial charge in [-0.05, 0) is 49.2 Å². The lowest BCUT2D eigenvalue weighted by atomic mass is 9.98. The molecular formula is C16H17NS2. The maximum Gasteiger partial charge on any atom is 0.0725 e. The van der Waals surface area contributed by atoms with Gasteiger partial charge in [-0.1, -0.05) is 36.0 Å². The van der Waals surface area contributed by atoms with Crippen LogP contribution in [0.5, 0.6) is 0 Å². The molecular weight excluding hydrogens is 270 g/mol. The second kappa shape index (κ2) is 5.53. The van der Waals surface area contributed by atoms with E-state index in [1.165, 1.54) is 25.8 Å². The zero-order chi connectivity index (χ0) is 13.2. The van der Waals surface area contributed by atoms with Crippen LogP contribution in [0.2, 0.25) is 0 Å². The van der Waals surface area contributed by atoms with E-state index in [2.05, 4.69) is 60.8 Å². The Balaban J connectivity index is 2.00. The number of benzene rings is 1. The van der Waals surface area contributed by atoms with E-state index in [9.17, 15) is 0 Å². The second-order valence-corrected chi connectivity index (χ2v) is 7.16. The average Bonchev–Trinajstić information content (AvgIpc) is 2.85. The molecule has 19 heavy (non-hydrogen) atoms. The molecule has 0 N–H and O–H groups in total. The lowest BCUT2D eigenvalue weighted by molar-refractivity contribution is 0.417. The van der Waals surface area contributed by atoms with Crippen LogP contribution in [-0.4, -0.2) is 25.5 Å². The largest absolute Gasteiger partial charge is 0.309 e. The molecule has 1 nitrogen and oxygen atoms in total. The summed E-state index contributed by atoms with van der Waals surface area (Å²) >= 11 is 3.74. The van der Waals surface area contributed by atoms with Crippen LogP contribution in [0.4, 0.5) is 0 Å². The fourth-order valence-corrected chi connectivity index (χ4v) is 4.47. The van der Waals surface area contributed by atoms with Gasteiger partial charge >= 0.3 is 0 Å². The molecule has 98 valence electrons. The standard InChI is InChI=1S/C16H17NS2/c1-17(2)10-5-7-12-13-6-3-4-8-15(13)19-16-14(12)9-11-18-16/h3-4,6-9,11H,5,10H2,1-2H3/b12-7-. The van der Waals surface area contributed by atoms with Gasteiger partial charge in [-0.2, -0.15) is 0 Å². The summed E-state index contributed by atoms with van der Waals surface area (Å²) in [5.74, 6) is 0. The Bertz CT molecular complexity index is 611. The summed E-state index contributed by atoms with van der Waals surface area (Å²) in [6.07, 6.45) is 3.49. The van der Waals surface area contributed by atoms with E-state index < -0.39 is 0 Å². The summed E-state index contributed by atoms with van der Waals surface area (Å²) in [4.78, 5) is 3.61. The van der Waals surface area contributed by atoms with E-state index in [0.29, 0.717) is 0 Å². The SMILES string of the molecule is CN(C)CC/C=C1/c2ccccc2Sc2sccc21. The highest BCUT2D eigenvalue weighted by Gasteiger charge is 2.21. The molecule has 1 aliphatic heterocycles. The number of hydrogen-bond acceptors (Lipinski definition) is 3. The molecule has 1 aliphatic rings. The zero-order valence-electron chi connectivity index (χ0n) is 11.2. The molecule has 0 radical (unpaired) electrons. The van der Waals surface area contributed by atoms with Crippen LogP contribution in [0.1, 0.15) is 17.5 Å². The summed E-state index contributed by atoms with van der Waals surface area (Å²) < 4.78 is 1.43. The number of rotatable bonds is 3. The lowest BCUT2D eigenvalue weighted by Crippen LogP contribution is -2.12. The minimum atomic E-state index is 1.09. The molecule has 0 aliphatic carbocycles. The average molecular weight is 287 g/mol. The Morgan fingerprint density at radius 1 is 1.11 bits per heavy atom. The molecule has 0 saturated heterocycles. The second-order valence-electron chi connectivity index (χ2n) is 4.93. The van der Waals surface area contributed by atoms with Crippen LogP contribution in [0, 0.1) is 0 Å².